The normalized spacial score (nSPS) is 9.88. The third kappa shape index (κ3) is 6.67. The summed E-state index contributed by atoms with van der Waals surface area (Å²) in [5.74, 6) is -0.312. The van der Waals surface area contributed by atoms with Crippen molar-refractivity contribution in [1.29, 1.82) is 0 Å². The maximum atomic E-state index is 12.0. The van der Waals surface area contributed by atoms with E-state index in [4.69, 9.17) is 4.74 Å². The van der Waals surface area contributed by atoms with Crippen LogP contribution in [0.1, 0.15) is 9.67 Å². The van der Waals surface area contributed by atoms with Gasteiger partial charge < -0.3 is 20.7 Å². The topological polar surface area (TPSA) is 79.5 Å². The van der Waals surface area contributed by atoms with Gasteiger partial charge in [0.15, 0.2) is 0 Å². The number of methoxy groups -OCH3 is 1. The van der Waals surface area contributed by atoms with Crippen molar-refractivity contribution in [2.75, 3.05) is 37.4 Å². The smallest absolute Gasteiger partial charge is 0.265 e. The molecule has 1 aromatic heterocycles. The molecule has 0 bridgehead atoms. The maximum absolute atomic E-state index is 12.0. The number of carbonyl (C=O) groups is 2. The number of benzene rings is 1. The second kappa shape index (κ2) is 10.8. The van der Waals surface area contributed by atoms with Crippen LogP contribution in [0.25, 0.3) is 0 Å². The Kier molecular flexibility index (Phi) is 9.03. The molecule has 1 aromatic carbocycles. The van der Waals surface area contributed by atoms with Crippen molar-refractivity contribution in [2.24, 2.45) is 0 Å². The van der Waals surface area contributed by atoms with Crippen LogP contribution < -0.4 is 16.0 Å². The van der Waals surface area contributed by atoms with Gasteiger partial charge in [0, 0.05) is 25.0 Å². The lowest BCUT2D eigenvalue weighted by molar-refractivity contribution is -0.115. The van der Waals surface area contributed by atoms with Crippen molar-refractivity contribution in [3.63, 3.8) is 0 Å². The van der Waals surface area contributed by atoms with Gasteiger partial charge >= 0.3 is 0 Å². The second-order valence-corrected chi connectivity index (χ2v) is 5.68. The van der Waals surface area contributed by atoms with E-state index < -0.39 is 0 Å². The van der Waals surface area contributed by atoms with Crippen LogP contribution in [-0.4, -0.2) is 38.6 Å². The van der Waals surface area contributed by atoms with E-state index in [2.05, 4.69) is 16.0 Å². The summed E-state index contributed by atoms with van der Waals surface area (Å²) in [6.45, 7) is 1.37. The Morgan fingerprint density at radius 2 is 1.88 bits per heavy atom. The van der Waals surface area contributed by atoms with Gasteiger partial charge in [0.2, 0.25) is 5.91 Å². The first-order valence-corrected chi connectivity index (χ1v) is 8.01. The number of carbonyl (C=O) groups excluding carboxylic acids is 2. The predicted molar refractivity (Wildman–Crippen MR) is 99.3 cm³/mol. The lowest BCUT2D eigenvalue weighted by atomic mass is 10.2. The first-order valence-electron chi connectivity index (χ1n) is 7.13. The summed E-state index contributed by atoms with van der Waals surface area (Å²) in [5.41, 5.74) is 1.26. The summed E-state index contributed by atoms with van der Waals surface area (Å²) < 4.78 is 4.89. The number of hydrogen-bond donors (Lipinski definition) is 3. The van der Waals surface area contributed by atoms with Gasteiger partial charge in [-0.15, -0.1) is 23.7 Å². The molecule has 130 valence electrons. The number of ether oxygens (including phenoxy) is 1. The van der Waals surface area contributed by atoms with Crippen molar-refractivity contribution < 1.29 is 14.3 Å². The SMILES string of the molecule is COCCNCC(=O)Nc1cccc(NC(=O)c2cccs2)c1.Cl. The zero-order valence-electron chi connectivity index (χ0n) is 13.2. The Balaban J connectivity index is 0.00000288. The number of anilines is 2. The fourth-order valence-corrected chi connectivity index (χ4v) is 2.48. The fourth-order valence-electron chi connectivity index (χ4n) is 1.86. The van der Waals surface area contributed by atoms with Crippen LogP contribution in [0, 0.1) is 0 Å². The molecule has 0 aliphatic carbocycles. The molecule has 6 nitrogen and oxygen atoms in total. The molecule has 0 saturated carbocycles. The third-order valence-electron chi connectivity index (χ3n) is 2.92. The van der Waals surface area contributed by atoms with Gasteiger partial charge in [0.25, 0.3) is 5.91 Å². The quantitative estimate of drug-likeness (QED) is 0.625. The van der Waals surface area contributed by atoms with Gasteiger partial charge in [-0.25, -0.2) is 0 Å². The monoisotopic (exact) mass is 369 g/mol. The molecule has 24 heavy (non-hydrogen) atoms. The van der Waals surface area contributed by atoms with E-state index in [1.807, 2.05) is 11.4 Å². The summed E-state index contributed by atoms with van der Waals surface area (Å²) in [4.78, 5) is 24.4. The Hall–Kier alpha value is -1.93. The number of nitrogens with one attached hydrogen (secondary N) is 3. The molecule has 0 fully saturated rings. The second-order valence-electron chi connectivity index (χ2n) is 4.73. The van der Waals surface area contributed by atoms with Crippen LogP contribution in [0.2, 0.25) is 0 Å². The number of halogens is 1. The minimum atomic E-state index is -0.162. The molecule has 3 N–H and O–H groups in total. The largest absolute Gasteiger partial charge is 0.383 e. The number of amides is 2. The molecule has 0 radical (unpaired) electrons. The van der Waals surface area contributed by atoms with E-state index in [-0.39, 0.29) is 30.8 Å². The van der Waals surface area contributed by atoms with Crippen LogP contribution in [0.4, 0.5) is 11.4 Å². The molecule has 0 saturated heterocycles. The molecular weight excluding hydrogens is 350 g/mol. The Morgan fingerprint density at radius 3 is 2.54 bits per heavy atom. The molecule has 2 rings (SSSR count). The molecule has 0 unspecified atom stereocenters. The molecule has 2 amide bonds. The lowest BCUT2D eigenvalue weighted by Gasteiger charge is -2.09. The number of hydrogen-bond acceptors (Lipinski definition) is 5. The van der Waals surface area contributed by atoms with Gasteiger partial charge in [-0.3, -0.25) is 9.59 Å². The maximum Gasteiger partial charge on any atom is 0.265 e. The number of rotatable bonds is 8. The van der Waals surface area contributed by atoms with Gasteiger partial charge in [-0.1, -0.05) is 12.1 Å². The Labute approximate surface area is 151 Å². The van der Waals surface area contributed by atoms with Crippen molar-refractivity contribution in [3.8, 4) is 0 Å². The highest BCUT2D eigenvalue weighted by Gasteiger charge is 2.08. The average Bonchev–Trinajstić information content (AvgIpc) is 3.06. The summed E-state index contributed by atoms with van der Waals surface area (Å²) >= 11 is 1.38. The van der Waals surface area contributed by atoms with E-state index in [9.17, 15) is 9.59 Å². The molecule has 1 heterocycles. The van der Waals surface area contributed by atoms with Crippen molar-refractivity contribution in [1.82, 2.24) is 5.32 Å². The minimum Gasteiger partial charge on any atom is -0.383 e. The van der Waals surface area contributed by atoms with Crippen LogP contribution in [0.5, 0.6) is 0 Å². The number of thiophene rings is 1. The van der Waals surface area contributed by atoms with Gasteiger partial charge in [0.05, 0.1) is 18.0 Å². The van der Waals surface area contributed by atoms with Crippen molar-refractivity contribution in [2.45, 2.75) is 0 Å². The molecule has 8 heteroatoms. The lowest BCUT2D eigenvalue weighted by Crippen LogP contribution is -2.30. The summed E-state index contributed by atoms with van der Waals surface area (Å²) in [7, 11) is 1.61. The Morgan fingerprint density at radius 1 is 1.12 bits per heavy atom. The van der Waals surface area contributed by atoms with E-state index in [1.54, 1.807) is 37.4 Å². The van der Waals surface area contributed by atoms with Gasteiger partial charge in [0.1, 0.15) is 0 Å². The molecule has 2 aromatic rings. The van der Waals surface area contributed by atoms with Crippen LogP contribution in [0.3, 0.4) is 0 Å². The Bertz CT molecular complexity index is 650. The van der Waals surface area contributed by atoms with Crippen molar-refractivity contribution >= 4 is 46.9 Å². The highest BCUT2D eigenvalue weighted by molar-refractivity contribution is 7.12. The van der Waals surface area contributed by atoms with Crippen molar-refractivity contribution in [3.05, 3.63) is 46.7 Å². The predicted octanol–water partition coefficient (Wildman–Crippen LogP) is 2.60. The summed E-state index contributed by atoms with van der Waals surface area (Å²) in [6, 6.07) is 10.6. The van der Waals surface area contributed by atoms with Crippen LogP contribution >= 0.6 is 23.7 Å². The first kappa shape index (κ1) is 20.1. The van der Waals surface area contributed by atoms with Gasteiger partial charge in [-0.05, 0) is 29.6 Å². The minimum absolute atomic E-state index is 0. The molecule has 0 spiro atoms. The van der Waals surface area contributed by atoms with E-state index >= 15 is 0 Å². The van der Waals surface area contributed by atoms with E-state index in [0.717, 1.165) is 0 Å². The molecule has 0 aliphatic rings. The standard InChI is InChI=1S/C16H19N3O3S.ClH/c1-22-8-7-17-11-15(20)18-12-4-2-5-13(10-12)19-16(21)14-6-3-9-23-14;/h2-6,9-10,17H,7-8,11H2,1H3,(H,18,20)(H,19,21);1H. The van der Waals surface area contributed by atoms with E-state index in [1.165, 1.54) is 11.3 Å². The third-order valence-corrected chi connectivity index (χ3v) is 3.79. The zero-order valence-corrected chi connectivity index (χ0v) is 14.8. The molecular formula is C16H20ClN3O3S. The van der Waals surface area contributed by atoms with Gasteiger partial charge in [-0.2, -0.15) is 0 Å². The highest BCUT2D eigenvalue weighted by atomic mass is 35.5. The highest BCUT2D eigenvalue weighted by Crippen LogP contribution is 2.17. The van der Waals surface area contributed by atoms with Crippen LogP contribution in [0.15, 0.2) is 41.8 Å². The summed E-state index contributed by atoms with van der Waals surface area (Å²) in [6.07, 6.45) is 0. The fraction of sp³-hybridized carbons (Fsp3) is 0.250. The van der Waals surface area contributed by atoms with E-state index in [0.29, 0.717) is 29.4 Å². The zero-order chi connectivity index (χ0) is 16.5. The van der Waals surface area contributed by atoms with Crippen LogP contribution in [-0.2, 0) is 9.53 Å². The first-order chi connectivity index (χ1) is 11.2. The molecule has 0 atom stereocenters. The average molecular weight is 370 g/mol. The summed E-state index contributed by atoms with van der Waals surface area (Å²) in [5, 5.41) is 10.4. The molecule has 0 aliphatic heterocycles.